The number of nitrogens with zero attached hydrogens (tertiary/aromatic N) is 1. The van der Waals surface area contributed by atoms with Crippen LogP contribution in [0.25, 0.3) is 0 Å². The van der Waals surface area contributed by atoms with Crippen LogP contribution in [0, 0.1) is 5.82 Å². The van der Waals surface area contributed by atoms with Crippen LogP contribution >= 0.6 is 0 Å². The Labute approximate surface area is 94.4 Å². The van der Waals surface area contributed by atoms with Gasteiger partial charge in [0, 0.05) is 25.2 Å². The first-order chi connectivity index (χ1) is 7.75. The lowest BCUT2D eigenvalue weighted by molar-refractivity contribution is 0.0562. The van der Waals surface area contributed by atoms with Crippen molar-refractivity contribution in [1.29, 1.82) is 0 Å². The summed E-state index contributed by atoms with van der Waals surface area (Å²) in [7, 11) is 0. The highest BCUT2D eigenvalue weighted by molar-refractivity contribution is 5.17. The van der Waals surface area contributed by atoms with Crippen LogP contribution in [0.1, 0.15) is 5.56 Å². The first kappa shape index (κ1) is 11.5. The average Bonchev–Trinajstić information content (AvgIpc) is 2.46. The van der Waals surface area contributed by atoms with Crippen molar-refractivity contribution in [2.75, 3.05) is 26.3 Å². The first-order valence-corrected chi connectivity index (χ1v) is 5.47. The third kappa shape index (κ3) is 3.01. The summed E-state index contributed by atoms with van der Waals surface area (Å²) in [4.78, 5) is 2.01. The molecule has 1 aliphatic rings. The summed E-state index contributed by atoms with van der Waals surface area (Å²) in [6.45, 7) is 2.74. The Morgan fingerprint density at radius 2 is 2.25 bits per heavy atom. The van der Waals surface area contributed by atoms with E-state index in [1.165, 1.54) is 6.07 Å². The number of benzene rings is 1. The minimum atomic E-state index is -0.478. The Morgan fingerprint density at radius 1 is 1.44 bits per heavy atom. The second kappa shape index (κ2) is 5.39. The van der Waals surface area contributed by atoms with E-state index in [1.807, 2.05) is 11.0 Å². The summed E-state index contributed by atoms with van der Waals surface area (Å²) in [5.41, 5.74) is 0.664. The third-order valence-corrected chi connectivity index (χ3v) is 2.68. The van der Waals surface area contributed by atoms with Crippen LogP contribution in [-0.4, -0.2) is 42.4 Å². The van der Waals surface area contributed by atoms with Gasteiger partial charge in [-0.25, -0.2) is 4.39 Å². The van der Waals surface area contributed by atoms with E-state index in [4.69, 9.17) is 4.74 Å². The Balaban J connectivity index is 2.00. The van der Waals surface area contributed by atoms with E-state index < -0.39 is 6.10 Å². The van der Waals surface area contributed by atoms with Gasteiger partial charge in [0.2, 0.25) is 0 Å². The molecule has 1 aromatic rings. The van der Waals surface area contributed by atoms with E-state index in [1.54, 1.807) is 12.1 Å². The molecular weight excluding hydrogens is 209 g/mol. The van der Waals surface area contributed by atoms with Gasteiger partial charge in [-0.05, 0) is 6.07 Å². The van der Waals surface area contributed by atoms with E-state index in [0.717, 1.165) is 6.54 Å². The Kier molecular flexibility index (Phi) is 3.88. The fourth-order valence-corrected chi connectivity index (χ4v) is 1.87. The van der Waals surface area contributed by atoms with Gasteiger partial charge in [-0.3, -0.25) is 4.90 Å². The van der Waals surface area contributed by atoms with Gasteiger partial charge in [-0.2, -0.15) is 0 Å². The Bertz CT molecular complexity index is 346. The van der Waals surface area contributed by atoms with Gasteiger partial charge >= 0.3 is 0 Å². The molecule has 0 bridgehead atoms. The number of halogens is 1. The summed E-state index contributed by atoms with van der Waals surface area (Å²) in [5, 5.41) is 9.55. The molecule has 3 nitrogen and oxygen atoms in total. The number of rotatable bonds is 2. The minimum absolute atomic E-state index is 0.192. The lowest BCUT2D eigenvalue weighted by Gasteiger charge is -2.21. The quantitative estimate of drug-likeness (QED) is 0.815. The zero-order valence-corrected chi connectivity index (χ0v) is 9.10. The summed E-state index contributed by atoms with van der Waals surface area (Å²) >= 11 is 0. The Morgan fingerprint density at radius 3 is 3.06 bits per heavy atom. The minimum Gasteiger partial charge on any atom is -0.389 e. The van der Waals surface area contributed by atoms with Crippen LogP contribution in [0.5, 0.6) is 0 Å². The van der Waals surface area contributed by atoms with Crippen LogP contribution < -0.4 is 0 Å². The van der Waals surface area contributed by atoms with Crippen LogP contribution in [0.15, 0.2) is 24.3 Å². The molecule has 1 aliphatic heterocycles. The molecule has 0 amide bonds. The fourth-order valence-electron chi connectivity index (χ4n) is 1.87. The largest absolute Gasteiger partial charge is 0.389 e. The van der Waals surface area contributed by atoms with Crippen molar-refractivity contribution in [2.45, 2.75) is 12.6 Å². The highest BCUT2D eigenvalue weighted by Crippen LogP contribution is 2.11. The van der Waals surface area contributed by atoms with Crippen molar-refractivity contribution in [2.24, 2.45) is 0 Å². The second-order valence-corrected chi connectivity index (χ2v) is 4.06. The molecule has 1 aromatic carbocycles. The first-order valence-electron chi connectivity index (χ1n) is 5.47. The molecule has 0 unspecified atom stereocenters. The zero-order valence-electron chi connectivity index (χ0n) is 9.10. The van der Waals surface area contributed by atoms with E-state index >= 15 is 0 Å². The van der Waals surface area contributed by atoms with Gasteiger partial charge in [0.1, 0.15) is 5.82 Å². The monoisotopic (exact) mass is 225 g/mol. The van der Waals surface area contributed by atoms with E-state index in [0.29, 0.717) is 31.9 Å². The number of hydrogen-bond acceptors (Lipinski definition) is 3. The van der Waals surface area contributed by atoms with Crippen molar-refractivity contribution in [3.05, 3.63) is 35.6 Å². The number of aliphatic hydroxyl groups excluding tert-OH is 1. The van der Waals surface area contributed by atoms with E-state index in [9.17, 15) is 9.50 Å². The molecule has 1 atom stereocenters. The van der Waals surface area contributed by atoms with Gasteiger partial charge in [0.05, 0.1) is 19.3 Å². The number of hydrogen-bond donors (Lipinski definition) is 1. The predicted molar refractivity (Wildman–Crippen MR) is 58.5 cm³/mol. The maximum absolute atomic E-state index is 13.4. The predicted octanol–water partition coefficient (Wildman–Crippen LogP) is 1.02. The molecule has 1 saturated heterocycles. The van der Waals surface area contributed by atoms with Crippen molar-refractivity contribution < 1.29 is 14.2 Å². The maximum atomic E-state index is 13.4. The highest BCUT2D eigenvalue weighted by atomic mass is 19.1. The van der Waals surface area contributed by atoms with Crippen LogP contribution in [0.3, 0.4) is 0 Å². The molecule has 1 N–H and O–H groups in total. The zero-order chi connectivity index (χ0) is 11.4. The van der Waals surface area contributed by atoms with Crippen molar-refractivity contribution >= 4 is 0 Å². The van der Waals surface area contributed by atoms with Gasteiger partial charge in [-0.1, -0.05) is 18.2 Å². The van der Waals surface area contributed by atoms with Crippen molar-refractivity contribution in [1.82, 2.24) is 4.90 Å². The average molecular weight is 225 g/mol. The number of β-amino-alcohol motifs (C(OH)–C–C–N with tert-alkyl or cyclic N) is 1. The van der Waals surface area contributed by atoms with Crippen LogP contribution in [-0.2, 0) is 11.3 Å². The summed E-state index contributed by atoms with van der Waals surface area (Å²) in [6.07, 6.45) is -0.478. The fraction of sp³-hybridized carbons (Fsp3) is 0.500. The molecule has 16 heavy (non-hydrogen) atoms. The lowest BCUT2D eigenvalue weighted by atomic mass is 10.2. The third-order valence-electron chi connectivity index (χ3n) is 2.68. The molecular formula is C12H16FNO2. The normalized spacial score (nSPS) is 23.0. The van der Waals surface area contributed by atoms with Crippen LogP contribution in [0.4, 0.5) is 4.39 Å². The summed E-state index contributed by atoms with van der Waals surface area (Å²) in [6, 6.07) is 6.73. The topological polar surface area (TPSA) is 32.7 Å². The van der Waals surface area contributed by atoms with Gasteiger partial charge < -0.3 is 9.84 Å². The van der Waals surface area contributed by atoms with Crippen molar-refractivity contribution in [3.63, 3.8) is 0 Å². The lowest BCUT2D eigenvalue weighted by Crippen LogP contribution is -2.32. The van der Waals surface area contributed by atoms with Crippen LogP contribution in [0.2, 0.25) is 0 Å². The van der Waals surface area contributed by atoms with E-state index in [2.05, 4.69) is 0 Å². The molecule has 0 aliphatic carbocycles. The molecule has 0 spiro atoms. The summed E-state index contributed by atoms with van der Waals surface area (Å²) < 4.78 is 18.6. The molecule has 88 valence electrons. The molecule has 2 rings (SSSR count). The standard InChI is InChI=1S/C12H16FNO2/c13-12-4-2-1-3-10(12)7-14-5-6-16-9-11(15)8-14/h1-4,11,15H,5-9H2/t11-/m0/s1. The smallest absolute Gasteiger partial charge is 0.127 e. The van der Waals surface area contributed by atoms with Gasteiger partial charge in [0.25, 0.3) is 0 Å². The van der Waals surface area contributed by atoms with E-state index in [-0.39, 0.29) is 5.82 Å². The molecule has 0 radical (unpaired) electrons. The number of ether oxygens (including phenoxy) is 1. The summed E-state index contributed by atoms with van der Waals surface area (Å²) in [5.74, 6) is -0.192. The molecule has 1 fully saturated rings. The molecule has 4 heteroatoms. The molecule has 0 aromatic heterocycles. The highest BCUT2D eigenvalue weighted by Gasteiger charge is 2.17. The number of aliphatic hydroxyl groups is 1. The SMILES string of the molecule is O[C@@H]1COCCN(Cc2ccccc2F)C1. The Hall–Kier alpha value is -0.970. The van der Waals surface area contributed by atoms with Gasteiger partial charge in [-0.15, -0.1) is 0 Å². The van der Waals surface area contributed by atoms with Gasteiger partial charge in [0.15, 0.2) is 0 Å². The maximum Gasteiger partial charge on any atom is 0.127 e. The second-order valence-electron chi connectivity index (χ2n) is 4.06. The molecule has 1 heterocycles. The molecule has 0 saturated carbocycles. The van der Waals surface area contributed by atoms with Crippen molar-refractivity contribution in [3.8, 4) is 0 Å².